The first-order valence-electron chi connectivity index (χ1n) is 7.72. The highest BCUT2D eigenvalue weighted by atomic mass is 16.5. The molecule has 2 bridgehead atoms. The van der Waals surface area contributed by atoms with E-state index in [0.717, 1.165) is 30.9 Å². The summed E-state index contributed by atoms with van der Waals surface area (Å²) < 4.78 is 11.9. The van der Waals surface area contributed by atoms with E-state index >= 15 is 0 Å². The number of likely N-dealkylation sites (N-methyl/N-ethyl adjacent to an activating group) is 1. The molecule has 108 valence electrons. The predicted octanol–water partition coefficient (Wildman–Crippen LogP) is 2.45. The van der Waals surface area contributed by atoms with Crippen LogP contribution in [0.25, 0.3) is 0 Å². The lowest BCUT2D eigenvalue weighted by atomic mass is 9.57. The largest absolute Gasteiger partial charge is 0.493 e. The predicted molar refractivity (Wildman–Crippen MR) is 81.1 cm³/mol. The number of hydrogen-bond acceptors (Lipinski definition) is 3. The molecule has 4 aliphatic rings. The highest BCUT2D eigenvalue weighted by Gasteiger charge is 2.59. The van der Waals surface area contributed by atoms with E-state index in [1.807, 2.05) is 0 Å². The van der Waals surface area contributed by atoms with Crippen LogP contribution in [0.4, 0.5) is 0 Å². The second-order valence-electron chi connectivity index (χ2n) is 6.60. The Kier molecular flexibility index (Phi) is 2.10. The van der Waals surface area contributed by atoms with Gasteiger partial charge in [-0.05, 0) is 49.7 Å². The molecule has 0 unspecified atom stereocenters. The molecule has 1 fully saturated rings. The van der Waals surface area contributed by atoms with Gasteiger partial charge >= 0.3 is 0 Å². The molecule has 5 rings (SSSR count). The van der Waals surface area contributed by atoms with Gasteiger partial charge in [-0.15, -0.1) is 0 Å². The van der Waals surface area contributed by atoms with E-state index in [1.54, 1.807) is 12.7 Å². The number of methoxy groups -OCH3 is 1. The Morgan fingerprint density at radius 2 is 2.29 bits per heavy atom. The van der Waals surface area contributed by atoms with E-state index in [-0.39, 0.29) is 11.5 Å². The zero-order valence-electron chi connectivity index (χ0n) is 12.4. The Bertz CT molecular complexity index is 705. The first-order chi connectivity index (χ1) is 10.3. The minimum Gasteiger partial charge on any atom is -0.493 e. The number of allylic oxidation sites excluding steroid dienone is 2. The number of benzene rings is 1. The third kappa shape index (κ3) is 1.21. The molecule has 1 spiro atoms. The van der Waals surface area contributed by atoms with Gasteiger partial charge in [0.25, 0.3) is 0 Å². The zero-order chi connectivity index (χ0) is 14.2. The van der Waals surface area contributed by atoms with E-state index in [2.05, 4.69) is 42.3 Å². The summed E-state index contributed by atoms with van der Waals surface area (Å²) in [5.74, 6) is 1.86. The van der Waals surface area contributed by atoms with Gasteiger partial charge in [-0.1, -0.05) is 18.2 Å². The fourth-order valence-corrected chi connectivity index (χ4v) is 4.87. The van der Waals surface area contributed by atoms with Crippen molar-refractivity contribution in [1.82, 2.24) is 4.90 Å². The molecule has 1 saturated heterocycles. The molecule has 1 aromatic carbocycles. The Hall–Kier alpha value is -1.74. The number of piperidine rings is 1. The Labute approximate surface area is 124 Å². The molecule has 3 heteroatoms. The third-order valence-corrected chi connectivity index (χ3v) is 5.84. The topological polar surface area (TPSA) is 21.7 Å². The summed E-state index contributed by atoms with van der Waals surface area (Å²) in [6.07, 6.45) is 9.08. The van der Waals surface area contributed by atoms with E-state index < -0.39 is 0 Å². The zero-order valence-corrected chi connectivity index (χ0v) is 12.4. The molecular formula is C18H19NO2. The first-order valence-corrected chi connectivity index (χ1v) is 7.72. The third-order valence-electron chi connectivity index (χ3n) is 5.84. The van der Waals surface area contributed by atoms with Gasteiger partial charge in [0.2, 0.25) is 0 Å². The Morgan fingerprint density at radius 3 is 3.14 bits per heavy atom. The molecule has 1 aromatic rings. The van der Waals surface area contributed by atoms with Crippen LogP contribution >= 0.6 is 0 Å². The van der Waals surface area contributed by atoms with Crippen LogP contribution in [0.2, 0.25) is 0 Å². The summed E-state index contributed by atoms with van der Waals surface area (Å²) in [4.78, 5) is 2.50. The van der Waals surface area contributed by atoms with Crippen molar-refractivity contribution < 1.29 is 9.47 Å². The highest BCUT2D eigenvalue weighted by Crippen LogP contribution is 2.61. The summed E-state index contributed by atoms with van der Waals surface area (Å²) in [5.41, 5.74) is 4.45. The second-order valence-corrected chi connectivity index (χ2v) is 6.60. The van der Waals surface area contributed by atoms with Gasteiger partial charge in [0, 0.05) is 11.6 Å². The van der Waals surface area contributed by atoms with Crippen molar-refractivity contribution in [1.29, 1.82) is 0 Å². The molecule has 3 atom stereocenters. The quantitative estimate of drug-likeness (QED) is 0.789. The monoisotopic (exact) mass is 281 g/mol. The summed E-state index contributed by atoms with van der Waals surface area (Å²) in [7, 11) is 3.98. The van der Waals surface area contributed by atoms with Crippen LogP contribution in [0.15, 0.2) is 35.9 Å². The maximum Gasteiger partial charge on any atom is 0.166 e. The van der Waals surface area contributed by atoms with Gasteiger partial charge < -0.3 is 9.47 Å². The van der Waals surface area contributed by atoms with E-state index in [0.29, 0.717) is 6.04 Å². The minimum atomic E-state index is 0.0589. The van der Waals surface area contributed by atoms with E-state index in [4.69, 9.17) is 9.47 Å². The average molecular weight is 281 g/mol. The van der Waals surface area contributed by atoms with Crippen LogP contribution in [0.1, 0.15) is 17.5 Å². The summed E-state index contributed by atoms with van der Waals surface area (Å²) in [6.45, 7) is 1.13. The van der Waals surface area contributed by atoms with Crippen molar-refractivity contribution in [2.75, 3.05) is 20.7 Å². The molecule has 0 aromatic heterocycles. The fraction of sp³-hybridized carbons (Fsp3) is 0.444. The van der Waals surface area contributed by atoms with Crippen LogP contribution in [-0.4, -0.2) is 37.7 Å². The van der Waals surface area contributed by atoms with E-state index in [1.165, 1.54) is 11.1 Å². The number of ether oxygens (including phenoxy) is 2. The molecule has 0 N–H and O–H groups in total. The lowest BCUT2D eigenvalue weighted by molar-refractivity contribution is 0.117. The highest BCUT2D eigenvalue weighted by molar-refractivity contribution is 5.67. The smallest absolute Gasteiger partial charge is 0.166 e. The minimum absolute atomic E-state index is 0.0589. The molecule has 0 radical (unpaired) electrons. The summed E-state index contributed by atoms with van der Waals surface area (Å²) in [5, 5.41) is 0. The van der Waals surface area contributed by atoms with Gasteiger partial charge in [0.15, 0.2) is 11.5 Å². The van der Waals surface area contributed by atoms with Crippen LogP contribution in [0.5, 0.6) is 11.5 Å². The summed E-state index contributed by atoms with van der Waals surface area (Å²) >= 11 is 0. The molecule has 0 amide bonds. The fourth-order valence-electron chi connectivity index (χ4n) is 4.87. The molecule has 0 saturated carbocycles. The van der Waals surface area contributed by atoms with Gasteiger partial charge in [0.05, 0.1) is 12.5 Å². The first kappa shape index (κ1) is 11.9. The SMILES string of the molecule is COc1ccc2c3c1O[C@@H]1C=CC=C4[C@H](C2)N(C)CC[C@@]431. The molecule has 3 nitrogen and oxygen atoms in total. The maximum absolute atomic E-state index is 6.36. The van der Waals surface area contributed by atoms with Crippen molar-refractivity contribution >= 4 is 0 Å². The van der Waals surface area contributed by atoms with Crippen molar-refractivity contribution in [3.8, 4) is 11.5 Å². The van der Waals surface area contributed by atoms with E-state index in [9.17, 15) is 0 Å². The Balaban J connectivity index is 1.85. The molecule has 21 heavy (non-hydrogen) atoms. The second kappa shape index (κ2) is 3.72. The average Bonchev–Trinajstić information content (AvgIpc) is 2.84. The lowest BCUT2D eigenvalue weighted by Gasteiger charge is -2.52. The van der Waals surface area contributed by atoms with Crippen LogP contribution in [0, 0.1) is 0 Å². The van der Waals surface area contributed by atoms with Crippen LogP contribution < -0.4 is 9.47 Å². The maximum atomic E-state index is 6.36. The molecular weight excluding hydrogens is 262 g/mol. The van der Waals surface area contributed by atoms with Crippen LogP contribution in [-0.2, 0) is 11.8 Å². The number of hydrogen-bond donors (Lipinski definition) is 0. The number of likely N-dealkylation sites (tertiary alicyclic amines) is 1. The molecule has 2 heterocycles. The van der Waals surface area contributed by atoms with Gasteiger partial charge in [-0.3, -0.25) is 4.90 Å². The van der Waals surface area contributed by atoms with Crippen molar-refractivity contribution in [2.45, 2.75) is 30.4 Å². The molecule has 2 aliphatic heterocycles. The van der Waals surface area contributed by atoms with Crippen LogP contribution in [0.3, 0.4) is 0 Å². The van der Waals surface area contributed by atoms with Gasteiger partial charge in [0.1, 0.15) is 6.10 Å². The summed E-state index contributed by atoms with van der Waals surface area (Å²) in [6, 6.07) is 4.82. The van der Waals surface area contributed by atoms with Crippen molar-refractivity contribution in [2.24, 2.45) is 0 Å². The van der Waals surface area contributed by atoms with Crippen molar-refractivity contribution in [3.63, 3.8) is 0 Å². The lowest BCUT2D eigenvalue weighted by Crippen LogP contribution is -2.57. The normalized spacial score (nSPS) is 35.0. The van der Waals surface area contributed by atoms with Gasteiger partial charge in [-0.2, -0.15) is 0 Å². The standard InChI is InChI=1S/C18H19NO2/c1-19-9-8-18-12-4-3-5-15(18)21-17-14(20-2)7-6-11(16(17)18)10-13(12)19/h3-7,13,15H,8-10H2,1-2H3/t13-,15+,18-/m0/s1. The van der Waals surface area contributed by atoms with Crippen molar-refractivity contribution in [3.05, 3.63) is 47.1 Å². The molecule has 2 aliphatic carbocycles. The van der Waals surface area contributed by atoms with Gasteiger partial charge in [-0.25, -0.2) is 0 Å². The number of nitrogens with zero attached hydrogens (tertiary/aromatic N) is 1. The Morgan fingerprint density at radius 1 is 1.38 bits per heavy atom. The number of rotatable bonds is 1.